The van der Waals surface area contributed by atoms with Gasteiger partial charge in [0.15, 0.2) is 0 Å². The number of nitrogens with two attached hydrogens (primary N) is 1. The molecule has 1 aliphatic rings. The SMILES string of the molecule is CN1C=CN(C)C1/N=N/c1ccc(N)cc1.Cl. The smallest absolute Gasteiger partial charge is 0.217 e. The van der Waals surface area contributed by atoms with Crippen LogP contribution in [0.1, 0.15) is 0 Å². The third-order valence-corrected chi connectivity index (χ3v) is 2.44. The Morgan fingerprint density at radius 3 is 2.12 bits per heavy atom. The van der Waals surface area contributed by atoms with Gasteiger partial charge in [0.1, 0.15) is 0 Å². The Morgan fingerprint density at radius 1 is 1.06 bits per heavy atom. The summed E-state index contributed by atoms with van der Waals surface area (Å²) < 4.78 is 0. The molecule has 1 aromatic rings. The van der Waals surface area contributed by atoms with Crippen LogP contribution < -0.4 is 5.73 Å². The molecule has 2 rings (SSSR count). The molecule has 1 heterocycles. The lowest BCUT2D eigenvalue weighted by Gasteiger charge is -2.21. The van der Waals surface area contributed by atoms with Crippen LogP contribution in [0.3, 0.4) is 0 Å². The molecule has 5 nitrogen and oxygen atoms in total. The molecule has 0 spiro atoms. The van der Waals surface area contributed by atoms with Crippen LogP contribution in [0.25, 0.3) is 0 Å². The molecule has 0 saturated heterocycles. The number of anilines is 1. The average Bonchev–Trinajstić information content (AvgIpc) is 2.59. The van der Waals surface area contributed by atoms with Crippen molar-refractivity contribution in [2.75, 3.05) is 19.8 Å². The highest BCUT2D eigenvalue weighted by Crippen LogP contribution is 2.18. The lowest BCUT2D eigenvalue weighted by molar-refractivity contribution is 0.206. The van der Waals surface area contributed by atoms with E-state index in [0.29, 0.717) is 0 Å². The molecular formula is C11H16ClN5. The maximum Gasteiger partial charge on any atom is 0.217 e. The second-order valence-corrected chi connectivity index (χ2v) is 3.78. The highest BCUT2D eigenvalue weighted by molar-refractivity contribution is 5.85. The number of azo groups is 1. The summed E-state index contributed by atoms with van der Waals surface area (Å²) in [6.45, 7) is 0. The largest absolute Gasteiger partial charge is 0.399 e. The predicted molar refractivity (Wildman–Crippen MR) is 71.1 cm³/mol. The van der Waals surface area contributed by atoms with Crippen molar-refractivity contribution in [3.8, 4) is 0 Å². The Kier molecular flexibility index (Phi) is 4.34. The van der Waals surface area contributed by atoms with Gasteiger partial charge in [-0.05, 0) is 24.3 Å². The van der Waals surface area contributed by atoms with Crippen LogP contribution in [0.15, 0.2) is 46.9 Å². The molecule has 2 N–H and O–H groups in total. The van der Waals surface area contributed by atoms with E-state index in [1.807, 2.05) is 60.6 Å². The first-order valence-corrected chi connectivity index (χ1v) is 5.05. The molecule has 0 amide bonds. The highest BCUT2D eigenvalue weighted by atomic mass is 35.5. The van der Waals surface area contributed by atoms with Crippen molar-refractivity contribution in [1.29, 1.82) is 0 Å². The number of nitrogen functional groups attached to an aromatic ring is 1. The van der Waals surface area contributed by atoms with Gasteiger partial charge in [-0.15, -0.1) is 17.5 Å². The molecule has 0 radical (unpaired) electrons. The monoisotopic (exact) mass is 253 g/mol. The van der Waals surface area contributed by atoms with Crippen molar-refractivity contribution < 1.29 is 0 Å². The summed E-state index contributed by atoms with van der Waals surface area (Å²) in [6.07, 6.45) is 3.87. The van der Waals surface area contributed by atoms with Crippen molar-refractivity contribution in [3.05, 3.63) is 36.7 Å². The third kappa shape index (κ3) is 3.10. The zero-order chi connectivity index (χ0) is 11.5. The van der Waals surface area contributed by atoms with Gasteiger partial charge < -0.3 is 15.5 Å². The molecule has 0 atom stereocenters. The van der Waals surface area contributed by atoms with Crippen molar-refractivity contribution in [3.63, 3.8) is 0 Å². The van der Waals surface area contributed by atoms with Crippen molar-refractivity contribution in [2.45, 2.75) is 6.29 Å². The molecular weight excluding hydrogens is 238 g/mol. The maximum absolute atomic E-state index is 5.59. The number of rotatable bonds is 2. The van der Waals surface area contributed by atoms with Gasteiger partial charge in [0.2, 0.25) is 6.29 Å². The highest BCUT2D eigenvalue weighted by Gasteiger charge is 2.18. The van der Waals surface area contributed by atoms with Crippen molar-refractivity contribution >= 4 is 23.8 Å². The molecule has 0 bridgehead atoms. The fourth-order valence-electron chi connectivity index (χ4n) is 1.47. The van der Waals surface area contributed by atoms with Crippen molar-refractivity contribution in [1.82, 2.24) is 9.80 Å². The maximum atomic E-state index is 5.59. The normalized spacial score (nSPS) is 15.6. The first-order chi connectivity index (χ1) is 7.66. The van der Waals surface area contributed by atoms with E-state index in [1.54, 1.807) is 0 Å². The lowest BCUT2D eigenvalue weighted by Crippen LogP contribution is -2.31. The summed E-state index contributed by atoms with van der Waals surface area (Å²) in [5, 5.41) is 8.43. The molecule has 17 heavy (non-hydrogen) atoms. The summed E-state index contributed by atoms with van der Waals surface area (Å²) in [6, 6.07) is 7.33. The van der Waals surface area contributed by atoms with Gasteiger partial charge in [0.05, 0.1) is 5.69 Å². The van der Waals surface area contributed by atoms with E-state index in [1.165, 1.54) is 0 Å². The summed E-state index contributed by atoms with van der Waals surface area (Å²) >= 11 is 0. The number of nitrogens with zero attached hydrogens (tertiary/aromatic N) is 4. The van der Waals surface area contributed by atoms with Gasteiger partial charge in [-0.2, -0.15) is 5.11 Å². The van der Waals surface area contributed by atoms with E-state index >= 15 is 0 Å². The number of halogens is 1. The molecule has 0 aromatic heterocycles. The topological polar surface area (TPSA) is 57.2 Å². The molecule has 0 aliphatic carbocycles. The Labute approximate surface area is 107 Å². The Morgan fingerprint density at radius 2 is 1.59 bits per heavy atom. The summed E-state index contributed by atoms with van der Waals surface area (Å²) in [5.74, 6) is 0. The first-order valence-electron chi connectivity index (χ1n) is 5.05. The minimum absolute atomic E-state index is 0. The molecule has 6 heteroatoms. The lowest BCUT2D eigenvalue weighted by atomic mass is 10.3. The molecule has 0 unspecified atom stereocenters. The minimum atomic E-state index is -0.0578. The van der Waals surface area contributed by atoms with Gasteiger partial charge in [-0.1, -0.05) is 0 Å². The van der Waals surface area contributed by atoms with Gasteiger partial charge in [0, 0.05) is 32.2 Å². The van der Waals surface area contributed by atoms with Gasteiger partial charge in [-0.25, -0.2) is 0 Å². The van der Waals surface area contributed by atoms with Crippen LogP contribution >= 0.6 is 12.4 Å². The van der Waals surface area contributed by atoms with Crippen LogP contribution in [0, 0.1) is 0 Å². The first kappa shape index (κ1) is 13.3. The average molecular weight is 254 g/mol. The van der Waals surface area contributed by atoms with Crippen LogP contribution in [0.2, 0.25) is 0 Å². The van der Waals surface area contributed by atoms with Crippen molar-refractivity contribution in [2.24, 2.45) is 10.2 Å². The number of benzene rings is 1. The van der Waals surface area contributed by atoms with E-state index in [-0.39, 0.29) is 18.7 Å². The third-order valence-electron chi connectivity index (χ3n) is 2.44. The minimum Gasteiger partial charge on any atom is -0.399 e. The standard InChI is InChI=1S/C11H15N5.ClH/c1-15-7-8-16(2)11(15)14-13-10-5-3-9(12)4-6-10;/h3-8,11H,12H2,1-2H3;1H/b14-13+;. The zero-order valence-corrected chi connectivity index (χ0v) is 10.6. The summed E-state index contributed by atoms with van der Waals surface area (Å²) in [7, 11) is 3.93. The van der Waals surface area contributed by atoms with E-state index in [4.69, 9.17) is 5.73 Å². The van der Waals surface area contributed by atoms with Crippen LogP contribution in [-0.4, -0.2) is 30.2 Å². The second-order valence-electron chi connectivity index (χ2n) is 3.78. The predicted octanol–water partition coefficient (Wildman–Crippen LogP) is 2.41. The van der Waals surface area contributed by atoms with Crippen LogP contribution in [-0.2, 0) is 0 Å². The molecule has 1 aromatic carbocycles. The fourth-order valence-corrected chi connectivity index (χ4v) is 1.47. The van der Waals surface area contributed by atoms with Gasteiger partial charge >= 0.3 is 0 Å². The van der Waals surface area contributed by atoms with E-state index in [0.717, 1.165) is 11.4 Å². The van der Waals surface area contributed by atoms with E-state index in [2.05, 4.69) is 10.2 Å². The fraction of sp³-hybridized carbons (Fsp3) is 0.273. The summed E-state index contributed by atoms with van der Waals surface area (Å²) in [4.78, 5) is 3.97. The van der Waals surface area contributed by atoms with E-state index < -0.39 is 0 Å². The Hall–Kier alpha value is -1.75. The van der Waals surface area contributed by atoms with Crippen LogP contribution in [0.4, 0.5) is 11.4 Å². The quantitative estimate of drug-likeness (QED) is 0.650. The number of hydrogen-bond acceptors (Lipinski definition) is 5. The molecule has 92 valence electrons. The molecule has 1 aliphatic heterocycles. The van der Waals surface area contributed by atoms with Gasteiger partial charge in [0.25, 0.3) is 0 Å². The van der Waals surface area contributed by atoms with Crippen LogP contribution in [0.5, 0.6) is 0 Å². The zero-order valence-electron chi connectivity index (χ0n) is 9.82. The molecule has 0 saturated carbocycles. The number of hydrogen-bond donors (Lipinski definition) is 1. The summed E-state index contributed by atoms with van der Waals surface area (Å²) in [5.41, 5.74) is 7.13. The Balaban J connectivity index is 0.00000144. The second kappa shape index (κ2) is 5.54. The molecule has 0 fully saturated rings. The van der Waals surface area contributed by atoms with Gasteiger partial charge in [-0.3, -0.25) is 0 Å². The Bertz CT molecular complexity index is 402. The van der Waals surface area contributed by atoms with E-state index in [9.17, 15) is 0 Å².